The maximum Gasteiger partial charge on any atom is 0.171 e. The van der Waals surface area contributed by atoms with E-state index in [1.807, 2.05) is 0 Å². The van der Waals surface area contributed by atoms with Gasteiger partial charge < -0.3 is 9.47 Å². The third-order valence-corrected chi connectivity index (χ3v) is 6.32. The zero-order valence-corrected chi connectivity index (χ0v) is 21.5. The summed E-state index contributed by atoms with van der Waals surface area (Å²) in [6.45, 7) is 10.5. The first-order valence-corrected chi connectivity index (χ1v) is 12.9. The van der Waals surface area contributed by atoms with Crippen LogP contribution in [-0.4, -0.2) is 26.4 Å². The lowest BCUT2D eigenvalue weighted by molar-refractivity contribution is -0.699. The van der Waals surface area contributed by atoms with Crippen molar-refractivity contribution in [3.05, 3.63) is 98.1 Å². The number of hydrogen-bond donors (Lipinski definition) is 0. The van der Waals surface area contributed by atoms with Gasteiger partial charge in [-0.1, -0.05) is 0 Å². The van der Waals surface area contributed by atoms with Crippen LogP contribution >= 0.6 is 0 Å². The van der Waals surface area contributed by atoms with Crippen LogP contribution in [-0.2, 0) is 35.7 Å². The third-order valence-electron chi connectivity index (χ3n) is 6.32. The van der Waals surface area contributed by atoms with Gasteiger partial charge in [-0.2, -0.15) is 0 Å². The predicted octanol–water partition coefficient (Wildman–Crippen LogP) is 2.94. The number of aromatic nitrogens is 4. The van der Waals surface area contributed by atoms with Crippen LogP contribution in [0.4, 0.5) is 0 Å². The largest absolute Gasteiger partial charge is 0.372 e. The van der Waals surface area contributed by atoms with E-state index in [0.29, 0.717) is 26.4 Å². The van der Waals surface area contributed by atoms with Gasteiger partial charge >= 0.3 is 0 Å². The second kappa shape index (κ2) is 13.6. The lowest BCUT2D eigenvalue weighted by atomic mass is 10.1. The molecule has 0 saturated heterocycles. The molecule has 0 N–H and O–H groups in total. The fourth-order valence-corrected chi connectivity index (χ4v) is 3.98. The van der Waals surface area contributed by atoms with Gasteiger partial charge in [0.25, 0.3) is 0 Å². The van der Waals surface area contributed by atoms with Crippen molar-refractivity contribution in [2.75, 3.05) is 26.4 Å². The SMILES string of the molecule is CC[n+]1ccc(-c2cc[n+](CCOCCOCC[n+]3ccc(-c4cc[n+](CC)cc4)cc3)cc2)cc1. The fraction of sp³-hybridized carbons (Fsp3) is 0.333. The van der Waals surface area contributed by atoms with Crippen molar-refractivity contribution in [1.82, 2.24) is 0 Å². The molecule has 0 fully saturated rings. The Morgan fingerprint density at radius 3 is 0.972 bits per heavy atom. The molecule has 0 bridgehead atoms. The topological polar surface area (TPSA) is 34.0 Å². The van der Waals surface area contributed by atoms with E-state index in [1.54, 1.807) is 0 Å². The molecule has 0 saturated carbocycles. The Labute approximate surface area is 214 Å². The second-order valence-electron chi connectivity index (χ2n) is 8.71. The maximum atomic E-state index is 5.75. The molecule has 0 aliphatic heterocycles. The number of hydrogen-bond acceptors (Lipinski definition) is 2. The van der Waals surface area contributed by atoms with Crippen LogP contribution in [0, 0.1) is 0 Å². The molecule has 4 aromatic heterocycles. The summed E-state index contributed by atoms with van der Waals surface area (Å²) in [5.41, 5.74) is 4.91. The van der Waals surface area contributed by atoms with E-state index in [1.165, 1.54) is 22.3 Å². The van der Waals surface area contributed by atoms with Crippen molar-refractivity contribution in [3.8, 4) is 22.3 Å². The molecule has 186 valence electrons. The Kier molecular flexibility index (Phi) is 9.65. The van der Waals surface area contributed by atoms with Gasteiger partial charge in [0.1, 0.15) is 26.3 Å². The first-order chi connectivity index (χ1) is 17.7. The van der Waals surface area contributed by atoms with E-state index >= 15 is 0 Å². The van der Waals surface area contributed by atoms with E-state index in [2.05, 4.69) is 130 Å². The Morgan fingerprint density at radius 2 is 0.694 bits per heavy atom. The van der Waals surface area contributed by atoms with Gasteiger partial charge in [0.2, 0.25) is 0 Å². The van der Waals surface area contributed by atoms with E-state index in [-0.39, 0.29) is 0 Å². The molecule has 0 unspecified atom stereocenters. The summed E-state index contributed by atoms with van der Waals surface area (Å²) in [5, 5.41) is 0. The van der Waals surface area contributed by atoms with Crippen LogP contribution in [0.5, 0.6) is 0 Å². The van der Waals surface area contributed by atoms with E-state index in [4.69, 9.17) is 9.47 Å². The average molecular weight is 487 g/mol. The summed E-state index contributed by atoms with van der Waals surface area (Å²) in [6, 6.07) is 17.2. The van der Waals surface area contributed by atoms with Gasteiger partial charge in [-0.05, 0) is 36.1 Å². The van der Waals surface area contributed by atoms with Crippen LogP contribution in [0.1, 0.15) is 13.8 Å². The van der Waals surface area contributed by atoms with E-state index in [9.17, 15) is 0 Å². The minimum Gasteiger partial charge on any atom is -0.372 e. The van der Waals surface area contributed by atoms with E-state index in [0.717, 1.165) is 26.2 Å². The first-order valence-electron chi connectivity index (χ1n) is 12.9. The summed E-state index contributed by atoms with van der Waals surface area (Å²) in [5.74, 6) is 0. The summed E-state index contributed by atoms with van der Waals surface area (Å²) in [7, 11) is 0. The third kappa shape index (κ3) is 7.51. The lowest BCUT2D eigenvalue weighted by Gasteiger charge is -2.04. The molecule has 4 aromatic rings. The molecule has 0 spiro atoms. The highest BCUT2D eigenvalue weighted by Crippen LogP contribution is 2.16. The quantitative estimate of drug-likeness (QED) is 0.215. The second-order valence-corrected chi connectivity index (χ2v) is 8.71. The van der Waals surface area contributed by atoms with Gasteiger partial charge in [0, 0.05) is 48.5 Å². The first kappa shape index (κ1) is 25.6. The van der Waals surface area contributed by atoms with Gasteiger partial charge in [-0.25, -0.2) is 18.3 Å². The summed E-state index contributed by atoms with van der Waals surface area (Å²) in [4.78, 5) is 0. The van der Waals surface area contributed by atoms with Crippen molar-refractivity contribution in [2.45, 2.75) is 40.0 Å². The number of pyridine rings is 4. The van der Waals surface area contributed by atoms with Crippen molar-refractivity contribution >= 4 is 0 Å². The number of ether oxygens (including phenoxy) is 2. The molecule has 0 aliphatic carbocycles. The number of nitrogens with zero attached hydrogens (tertiary/aromatic N) is 4. The van der Waals surface area contributed by atoms with Crippen LogP contribution in [0.15, 0.2) is 98.1 Å². The molecule has 0 aliphatic rings. The zero-order valence-electron chi connectivity index (χ0n) is 21.5. The molecule has 6 nitrogen and oxygen atoms in total. The van der Waals surface area contributed by atoms with Gasteiger partial charge in [0.05, 0.1) is 13.2 Å². The highest BCUT2D eigenvalue weighted by atomic mass is 16.5. The smallest absolute Gasteiger partial charge is 0.171 e. The predicted molar refractivity (Wildman–Crippen MR) is 138 cm³/mol. The maximum absolute atomic E-state index is 5.75. The Hall–Kier alpha value is -3.48. The molecule has 0 atom stereocenters. The fourth-order valence-electron chi connectivity index (χ4n) is 3.98. The van der Waals surface area contributed by atoms with Crippen LogP contribution < -0.4 is 18.3 Å². The van der Waals surface area contributed by atoms with Crippen LogP contribution in [0.25, 0.3) is 22.3 Å². The molecule has 6 heteroatoms. The summed E-state index contributed by atoms with van der Waals surface area (Å²) in [6.07, 6.45) is 16.9. The average Bonchev–Trinajstić information content (AvgIpc) is 2.95. The normalized spacial score (nSPS) is 11.1. The van der Waals surface area contributed by atoms with Crippen molar-refractivity contribution in [3.63, 3.8) is 0 Å². The Balaban J connectivity index is 1.09. The zero-order chi connectivity index (χ0) is 25.0. The molecule has 0 aromatic carbocycles. The standard InChI is InChI=1S/C30H38N4O2/c1-3-31-13-5-27(6-14-31)29-9-17-33(18-10-29)21-23-35-25-26-36-24-22-34-19-11-30(12-20-34)28-7-15-32(4-2)16-8-28/h5-20H,3-4,21-26H2,1-2H3/q+4. The number of aryl methyl sites for hydroxylation is 2. The Morgan fingerprint density at radius 1 is 0.417 bits per heavy atom. The minimum atomic E-state index is 0.607. The van der Waals surface area contributed by atoms with Gasteiger partial charge in [-0.15, -0.1) is 0 Å². The molecule has 4 heterocycles. The minimum absolute atomic E-state index is 0.607. The van der Waals surface area contributed by atoms with Crippen LogP contribution in [0.2, 0.25) is 0 Å². The van der Waals surface area contributed by atoms with Crippen molar-refractivity contribution < 1.29 is 27.7 Å². The molecular formula is C30H38N4O2+4. The monoisotopic (exact) mass is 486 g/mol. The highest BCUT2D eigenvalue weighted by molar-refractivity contribution is 5.61. The summed E-state index contributed by atoms with van der Waals surface area (Å²) >= 11 is 0. The molecular weight excluding hydrogens is 448 g/mol. The number of rotatable bonds is 13. The Bertz CT molecular complexity index is 1080. The molecule has 0 radical (unpaired) electrons. The molecule has 4 rings (SSSR count). The highest BCUT2D eigenvalue weighted by Gasteiger charge is 2.07. The van der Waals surface area contributed by atoms with Gasteiger partial charge in [0.15, 0.2) is 62.7 Å². The molecule has 36 heavy (non-hydrogen) atoms. The summed E-state index contributed by atoms with van der Waals surface area (Å²) < 4.78 is 20.1. The van der Waals surface area contributed by atoms with Crippen molar-refractivity contribution in [2.24, 2.45) is 0 Å². The van der Waals surface area contributed by atoms with Crippen LogP contribution in [0.3, 0.4) is 0 Å². The van der Waals surface area contributed by atoms with E-state index < -0.39 is 0 Å². The molecule has 0 amide bonds. The van der Waals surface area contributed by atoms with Gasteiger partial charge in [-0.3, -0.25) is 0 Å². The van der Waals surface area contributed by atoms with Crippen molar-refractivity contribution in [1.29, 1.82) is 0 Å². The lowest BCUT2D eigenvalue weighted by Crippen LogP contribution is -2.36.